The number of carbonyl (C=O) groups is 1. The maximum atomic E-state index is 12.1. The van der Waals surface area contributed by atoms with Crippen LogP contribution in [0.25, 0.3) is 10.8 Å². The molecule has 0 aliphatic carbocycles. The molecule has 1 heterocycles. The van der Waals surface area contributed by atoms with Crippen LogP contribution in [0.15, 0.2) is 47.3 Å². The van der Waals surface area contributed by atoms with Crippen molar-refractivity contribution >= 4 is 28.0 Å². The van der Waals surface area contributed by atoms with E-state index in [0.717, 1.165) is 11.1 Å². The molecule has 3 aromatic rings. The summed E-state index contributed by atoms with van der Waals surface area (Å²) < 4.78 is 0. The normalized spacial score (nSPS) is 10.6. The molecule has 0 spiro atoms. The zero-order valence-electron chi connectivity index (χ0n) is 10.5. The largest absolute Gasteiger partial charge is 0.506 e. The van der Waals surface area contributed by atoms with E-state index in [2.05, 4.69) is 10.3 Å². The molecule has 4 nitrogen and oxygen atoms in total. The minimum absolute atomic E-state index is 0.0128. The van der Waals surface area contributed by atoms with E-state index in [4.69, 9.17) is 0 Å². The lowest BCUT2D eigenvalue weighted by Gasteiger charge is -2.08. The van der Waals surface area contributed by atoms with E-state index in [1.165, 1.54) is 11.3 Å². The first-order valence-electron chi connectivity index (χ1n) is 6.11. The quantitative estimate of drug-likeness (QED) is 0.777. The van der Waals surface area contributed by atoms with Crippen LogP contribution in [0.5, 0.6) is 5.75 Å². The minimum Gasteiger partial charge on any atom is -0.506 e. The van der Waals surface area contributed by atoms with E-state index in [1.807, 2.05) is 29.6 Å². The van der Waals surface area contributed by atoms with Gasteiger partial charge in [-0.2, -0.15) is 0 Å². The first-order valence-corrected chi connectivity index (χ1v) is 7.06. The van der Waals surface area contributed by atoms with Gasteiger partial charge >= 0.3 is 0 Å². The lowest BCUT2D eigenvalue weighted by Crippen LogP contribution is -2.23. The third kappa shape index (κ3) is 2.35. The lowest BCUT2D eigenvalue weighted by atomic mass is 10.0. The number of rotatable bonds is 3. The van der Waals surface area contributed by atoms with Gasteiger partial charge in [0.05, 0.1) is 23.3 Å². The molecule has 0 aliphatic heterocycles. The number of benzene rings is 2. The summed E-state index contributed by atoms with van der Waals surface area (Å²) in [6.45, 7) is 0.356. The van der Waals surface area contributed by atoms with Crippen LogP contribution in [0.2, 0.25) is 0 Å². The predicted molar refractivity (Wildman–Crippen MR) is 78.9 cm³/mol. The second kappa shape index (κ2) is 5.30. The highest BCUT2D eigenvalue weighted by Gasteiger charge is 2.13. The van der Waals surface area contributed by atoms with Crippen molar-refractivity contribution in [1.29, 1.82) is 0 Å². The van der Waals surface area contributed by atoms with Crippen molar-refractivity contribution in [3.63, 3.8) is 0 Å². The smallest absolute Gasteiger partial charge is 0.255 e. The van der Waals surface area contributed by atoms with Crippen LogP contribution in [-0.4, -0.2) is 16.0 Å². The van der Waals surface area contributed by atoms with Crippen molar-refractivity contribution in [2.24, 2.45) is 0 Å². The number of thiazole rings is 1. The Morgan fingerprint density at radius 1 is 1.25 bits per heavy atom. The molecule has 0 saturated heterocycles. The zero-order chi connectivity index (χ0) is 13.9. The number of phenolic OH excluding ortho intramolecular Hbond substituents is 1. The van der Waals surface area contributed by atoms with Gasteiger partial charge in [0.15, 0.2) is 0 Å². The minimum atomic E-state index is -0.304. The molecule has 0 saturated carbocycles. The maximum Gasteiger partial charge on any atom is 0.255 e. The fourth-order valence-corrected chi connectivity index (χ4v) is 2.59. The van der Waals surface area contributed by atoms with Crippen LogP contribution in [0.3, 0.4) is 0 Å². The Morgan fingerprint density at radius 2 is 2.10 bits per heavy atom. The third-order valence-corrected chi connectivity index (χ3v) is 3.69. The van der Waals surface area contributed by atoms with Crippen LogP contribution in [0, 0.1) is 0 Å². The van der Waals surface area contributed by atoms with Crippen LogP contribution < -0.4 is 5.32 Å². The molecule has 1 amide bonds. The lowest BCUT2D eigenvalue weighted by molar-refractivity contribution is 0.0948. The highest BCUT2D eigenvalue weighted by Crippen LogP contribution is 2.28. The molecule has 2 N–H and O–H groups in total. The summed E-state index contributed by atoms with van der Waals surface area (Å²) >= 11 is 1.48. The van der Waals surface area contributed by atoms with Crippen molar-refractivity contribution in [3.05, 3.63) is 58.5 Å². The van der Waals surface area contributed by atoms with Gasteiger partial charge in [0.2, 0.25) is 0 Å². The van der Waals surface area contributed by atoms with Crippen molar-refractivity contribution in [2.75, 3.05) is 0 Å². The molecule has 2 aromatic carbocycles. The van der Waals surface area contributed by atoms with Crippen molar-refractivity contribution in [2.45, 2.75) is 6.54 Å². The van der Waals surface area contributed by atoms with Crippen molar-refractivity contribution in [1.82, 2.24) is 10.3 Å². The average Bonchev–Trinajstić information content (AvgIpc) is 2.99. The van der Waals surface area contributed by atoms with Gasteiger partial charge in [-0.3, -0.25) is 4.79 Å². The fraction of sp³-hybridized carbons (Fsp3) is 0.0667. The number of hydrogen-bond donors (Lipinski definition) is 2. The van der Waals surface area contributed by atoms with Crippen molar-refractivity contribution < 1.29 is 9.90 Å². The second-order valence-electron chi connectivity index (χ2n) is 4.35. The molecule has 0 bridgehead atoms. The number of nitrogens with one attached hydrogen (secondary N) is 1. The first-order chi connectivity index (χ1) is 9.75. The van der Waals surface area contributed by atoms with E-state index in [9.17, 15) is 9.90 Å². The third-order valence-electron chi connectivity index (χ3n) is 3.06. The molecule has 1 aromatic heterocycles. The van der Waals surface area contributed by atoms with Crippen LogP contribution in [0.4, 0.5) is 0 Å². The number of carbonyl (C=O) groups excluding carboxylic acids is 1. The molecule has 0 unspecified atom stereocenters. The average molecular weight is 284 g/mol. The molecular formula is C15H12N2O2S. The van der Waals surface area contributed by atoms with E-state index in [-0.39, 0.29) is 17.2 Å². The van der Waals surface area contributed by atoms with Gasteiger partial charge in [-0.25, -0.2) is 4.98 Å². The van der Waals surface area contributed by atoms with Gasteiger partial charge < -0.3 is 10.4 Å². The SMILES string of the molecule is O=C(NCc1cscn1)c1ccc2ccccc2c1O. The number of phenols is 1. The Morgan fingerprint density at radius 3 is 2.90 bits per heavy atom. The summed E-state index contributed by atoms with van der Waals surface area (Å²) in [4.78, 5) is 16.2. The Kier molecular flexibility index (Phi) is 3.35. The standard InChI is InChI=1S/C15H12N2O2S/c18-14-12-4-2-1-3-10(12)5-6-13(14)15(19)16-7-11-8-20-9-17-11/h1-6,8-9,18H,7H2,(H,16,19). The van der Waals surface area contributed by atoms with Crippen LogP contribution in [-0.2, 0) is 6.54 Å². The molecule has 5 heteroatoms. The monoisotopic (exact) mass is 284 g/mol. The highest BCUT2D eigenvalue weighted by atomic mass is 32.1. The van der Waals surface area contributed by atoms with Gasteiger partial charge in [-0.1, -0.05) is 30.3 Å². The number of aromatic hydroxyl groups is 1. The van der Waals surface area contributed by atoms with Gasteiger partial charge in [0, 0.05) is 10.8 Å². The predicted octanol–water partition coefficient (Wildman–Crippen LogP) is 2.93. The maximum absolute atomic E-state index is 12.1. The number of nitrogens with zero attached hydrogens (tertiary/aromatic N) is 1. The summed E-state index contributed by atoms with van der Waals surface area (Å²) in [5.41, 5.74) is 2.80. The van der Waals surface area contributed by atoms with Crippen LogP contribution >= 0.6 is 11.3 Å². The Labute approximate surface area is 119 Å². The fourth-order valence-electron chi connectivity index (χ4n) is 2.03. The first kappa shape index (κ1) is 12.6. The van der Waals surface area contributed by atoms with Gasteiger partial charge in [0.25, 0.3) is 5.91 Å². The van der Waals surface area contributed by atoms with Gasteiger partial charge in [-0.05, 0) is 11.5 Å². The van der Waals surface area contributed by atoms with Gasteiger partial charge in [-0.15, -0.1) is 11.3 Å². The summed E-state index contributed by atoms with van der Waals surface area (Å²) in [5, 5.41) is 16.4. The summed E-state index contributed by atoms with van der Waals surface area (Å²) in [6.07, 6.45) is 0. The summed E-state index contributed by atoms with van der Waals surface area (Å²) in [6, 6.07) is 10.9. The van der Waals surface area contributed by atoms with E-state index in [1.54, 1.807) is 17.6 Å². The van der Waals surface area contributed by atoms with Crippen LogP contribution in [0.1, 0.15) is 16.1 Å². The molecular weight excluding hydrogens is 272 g/mol. The number of amides is 1. The van der Waals surface area contributed by atoms with E-state index >= 15 is 0 Å². The summed E-state index contributed by atoms with van der Waals surface area (Å²) in [5.74, 6) is -0.292. The molecule has 0 fully saturated rings. The second-order valence-corrected chi connectivity index (χ2v) is 5.06. The molecule has 20 heavy (non-hydrogen) atoms. The van der Waals surface area contributed by atoms with Crippen molar-refractivity contribution in [3.8, 4) is 5.75 Å². The Hall–Kier alpha value is -2.40. The highest BCUT2D eigenvalue weighted by molar-refractivity contribution is 7.07. The van der Waals surface area contributed by atoms with E-state index < -0.39 is 0 Å². The van der Waals surface area contributed by atoms with Gasteiger partial charge in [0.1, 0.15) is 5.75 Å². The molecule has 3 rings (SSSR count). The number of hydrogen-bond acceptors (Lipinski definition) is 4. The molecule has 0 atom stereocenters. The topological polar surface area (TPSA) is 62.2 Å². The Balaban J connectivity index is 1.86. The number of fused-ring (bicyclic) bond motifs is 1. The zero-order valence-corrected chi connectivity index (χ0v) is 11.4. The van der Waals surface area contributed by atoms with E-state index in [0.29, 0.717) is 11.9 Å². The number of aromatic nitrogens is 1. The Bertz CT molecular complexity index is 754. The molecule has 100 valence electrons. The molecule has 0 aliphatic rings. The molecule has 0 radical (unpaired) electrons. The summed E-state index contributed by atoms with van der Waals surface area (Å²) in [7, 11) is 0.